The molecule has 0 bridgehead atoms. The van der Waals surface area contributed by atoms with Crippen LogP contribution in [0, 0.1) is 0 Å². The van der Waals surface area contributed by atoms with Crippen molar-refractivity contribution in [1.29, 1.82) is 0 Å². The van der Waals surface area contributed by atoms with Crippen molar-refractivity contribution in [2.75, 3.05) is 35.8 Å². The molecule has 7 heteroatoms. The van der Waals surface area contributed by atoms with Gasteiger partial charge in [-0.2, -0.15) is 0 Å². The van der Waals surface area contributed by atoms with Crippen LogP contribution in [0.1, 0.15) is 25.0 Å². The molecule has 1 saturated heterocycles. The number of ether oxygens (including phenoxy) is 2. The molecule has 0 unspecified atom stereocenters. The van der Waals surface area contributed by atoms with Gasteiger partial charge in [0.1, 0.15) is 10.8 Å². The number of rotatable bonds is 6. The fourth-order valence-electron chi connectivity index (χ4n) is 3.46. The summed E-state index contributed by atoms with van der Waals surface area (Å²) < 4.78 is 12.2. The molecule has 1 fully saturated rings. The third-order valence-corrected chi connectivity index (χ3v) is 6.68. The van der Waals surface area contributed by atoms with Crippen LogP contribution in [0.5, 0.6) is 5.75 Å². The minimum Gasteiger partial charge on any atom is -0.497 e. The van der Waals surface area contributed by atoms with Crippen molar-refractivity contribution in [3.63, 3.8) is 0 Å². The number of nitrogens with one attached hydrogen (secondary N) is 2. The lowest BCUT2D eigenvalue weighted by Crippen LogP contribution is -2.27. The van der Waals surface area contributed by atoms with Crippen LogP contribution >= 0.6 is 34.4 Å². The number of thioether (sulfide) groups is 1. The summed E-state index contributed by atoms with van der Waals surface area (Å²) in [6, 6.07) is 7.27. The second-order valence-corrected chi connectivity index (χ2v) is 8.82. The van der Waals surface area contributed by atoms with Gasteiger partial charge in [-0.1, -0.05) is 22.6 Å². The van der Waals surface area contributed by atoms with E-state index in [1.807, 2.05) is 11.8 Å². The number of benzene rings is 1. The first kappa shape index (κ1) is 18.4. The van der Waals surface area contributed by atoms with E-state index in [2.05, 4.69) is 51.1 Å². The van der Waals surface area contributed by atoms with E-state index in [9.17, 15) is 0 Å². The molecule has 1 aromatic heterocycles. The minimum atomic E-state index is 0.442. The molecule has 5 nitrogen and oxygen atoms in total. The van der Waals surface area contributed by atoms with Gasteiger partial charge in [0.05, 0.1) is 30.0 Å². The number of aliphatic imine (C=N–C) groups is 1. The number of methoxy groups -OCH3 is 1. The van der Waals surface area contributed by atoms with Gasteiger partial charge in [0, 0.05) is 40.9 Å². The molecule has 0 spiro atoms. The quantitative estimate of drug-likeness (QED) is 0.469. The Balaban J connectivity index is 1.65. The molecule has 2 aliphatic heterocycles. The van der Waals surface area contributed by atoms with E-state index in [4.69, 9.17) is 14.5 Å². The van der Waals surface area contributed by atoms with Gasteiger partial charge < -0.3 is 19.8 Å². The average Bonchev–Trinajstić information content (AvgIpc) is 3.29. The average molecular weight is 485 g/mol. The predicted molar refractivity (Wildman–Crippen MR) is 119 cm³/mol. The lowest BCUT2D eigenvalue weighted by Gasteiger charge is -2.24. The van der Waals surface area contributed by atoms with Gasteiger partial charge in [-0.3, -0.25) is 4.99 Å². The maximum absolute atomic E-state index is 5.52. The molecule has 2 aromatic rings. The normalized spacial score (nSPS) is 21.2. The van der Waals surface area contributed by atoms with Gasteiger partial charge in [0.15, 0.2) is 0 Å². The molecule has 140 valence electrons. The number of hydrogen-bond acceptors (Lipinski definition) is 5. The first-order chi connectivity index (χ1) is 12.8. The summed E-state index contributed by atoms with van der Waals surface area (Å²) in [6.07, 6.45) is 3.22. The number of aromatic amines is 1. The molecule has 1 atom stereocenters. The summed E-state index contributed by atoms with van der Waals surface area (Å²) in [4.78, 5) is 8.51. The largest absolute Gasteiger partial charge is 0.497 e. The number of anilines is 1. The Morgan fingerprint density at radius 3 is 2.96 bits per heavy atom. The lowest BCUT2D eigenvalue weighted by molar-refractivity contribution is 0.0905. The van der Waals surface area contributed by atoms with E-state index >= 15 is 0 Å². The molecular weight excluding hydrogens is 461 g/mol. The van der Waals surface area contributed by atoms with Crippen molar-refractivity contribution >= 4 is 56.0 Å². The maximum atomic E-state index is 5.52. The number of halogens is 1. The Morgan fingerprint density at radius 1 is 1.35 bits per heavy atom. The number of nitrogens with zero attached hydrogens (tertiary/aromatic N) is 1. The van der Waals surface area contributed by atoms with Crippen LogP contribution in [0.15, 0.2) is 23.2 Å². The molecular formula is C19H24IN3O2S. The summed E-state index contributed by atoms with van der Waals surface area (Å²) in [5.41, 5.74) is 3.35. The van der Waals surface area contributed by atoms with Gasteiger partial charge in [0.25, 0.3) is 0 Å². The van der Waals surface area contributed by atoms with Crippen LogP contribution in [0.25, 0.3) is 10.9 Å². The topological polar surface area (TPSA) is 58.6 Å². The highest BCUT2D eigenvalue weighted by Gasteiger charge is 2.22. The molecule has 0 radical (unpaired) electrons. The molecule has 2 aliphatic rings. The van der Waals surface area contributed by atoms with E-state index < -0.39 is 0 Å². The van der Waals surface area contributed by atoms with Crippen LogP contribution in [-0.2, 0) is 4.74 Å². The molecule has 2 N–H and O–H groups in total. The highest BCUT2D eigenvalue weighted by Crippen LogP contribution is 2.33. The van der Waals surface area contributed by atoms with Crippen molar-refractivity contribution in [3.05, 3.63) is 23.9 Å². The molecule has 26 heavy (non-hydrogen) atoms. The number of H-pyrrole nitrogens is 1. The monoisotopic (exact) mass is 485 g/mol. The number of aromatic nitrogens is 1. The third-order valence-electron chi connectivity index (χ3n) is 4.90. The van der Waals surface area contributed by atoms with E-state index in [0.717, 1.165) is 75.7 Å². The Morgan fingerprint density at radius 2 is 2.19 bits per heavy atom. The fourth-order valence-corrected chi connectivity index (χ4v) is 5.26. The predicted octanol–water partition coefficient (Wildman–Crippen LogP) is 4.45. The van der Waals surface area contributed by atoms with Crippen LogP contribution in [0.2, 0.25) is 0 Å². The molecule has 3 heterocycles. The first-order valence-corrected chi connectivity index (χ1v) is 11.6. The Kier molecular flexibility index (Phi) is 5.95. The first-order valence-electron chi connectivity index (χ1n) is 9.09. The smallest absolute Gasteiger partial charge is 0.121 e. The van der Waals surface area contributed by atoms with Gasteiger partial charge >= 0.3 is 0 Å². The van der Waals surface area contributed by atoms with E-state index in [0.29, 0.717) is 12.1 Å². The summed E-state index contributed by atoms with van der Waals surface area (Å²) in [5, 5.41) is 5.99. The lowest BCUT2D eigenvalue weighted by atomic mass is 10.1. The minimum absolute atomic E-state index is 0.442. The van der Waals surface area contributed by atoms with E-state index in [1.54, 1.807) is 7.11 Å². The maximum Gasteiger partial charge on any atom is 0.121 e. The number of hydrogen-bond donors (Lipinski definition) is 2. The van der Waals surface area contributed by atoms with Gasteiger partial charge in [-0.25, -0.2) is 0 Å². The summed E-state index contributed by atoms with van der Waals surface area (Å²) in [5.74, 6) is 1.96. The Bertz CT molecular complexity index is 801. The van der Waals surface area contributed by atoms with Crippen molar-refractivity contribution in [2.24, 2.45) is 4.99 Å². The van der Waals surface area contributed by atoms with Crippen LogP contribution in [-0.4, -0.2) is 52.6 Å². The Labute approximate surface area is 171 Å². The summed E-state index contributed by atoms with van der Waals surface area (Å²) >= 11 is 4.29. The zero-order valence-corrected chi connectivity index (χ0v) is 17.9. The number of alkyl halides is 1. The molecule has 0 aliphatic carbocycles. The second-order valence-electron chi connectivity index (χ2n) is 6.73. The highest BCUT2D eigenvalue weighted by atomic mass is 127. The molecule has 4 rings (SSSR count). The molecule has 0 amide bonds. The standard InChI is InChI=1S/C19H24IN3O2S/c1-24-15-8-12-9-17(19-22-14(2-5-20)11-26-19)23-18(12)16(10-15)21-13-3-6-25-7-4-13/h8-10,13-14,21,23H,2-7,11H2,1H3/t14-/m1/s1. The van der Waals surface area contributed by atoms with E-state index in [1.165, 1.54) is 0 Å². The van der Waals surface area contributed by atoms with Crippen molar-refractivity contribution in [2.45, 2.75) is 31.3 Å². The van der Waals surface area contributed by atoms with Gasteiger partial charge in [-0.05, 0) is 31.4 Å². The summed E-state index contributed by atoms with van der Waals surface area (Å²) in [6.45, 7) is 1.65. The van der Waals surface area contributed by atoms with Crippen LogP contribution in [0.4, 0.5) is 5.69 Å². The van der Waals surface area contributed by atoms with Crippen LogP contribution in [0.3, 0.4) is 0 Å². The van der Waals surface area contributed by atoms with Gasteiger partial charge in [0.2, 0.25) is 0 Å². The van der Waals surface area contributed by atoms with Crippen molar-refractivity contribution < 1.29 is 9.47 Å². The zero-order chi connectivity index (χ0) is 17.9. The van der Waals surface area contributed by atoms with Crippen molar-refractivity contribution in [1.82, 2.24) is 4.98 Å². The van der Waals surface area contributed by atoms with E-state index in [-0.39, 0.29) is 0 Å². The summed E-state index contributed by atoms with van der Waals surface area (Å²) in [7, 11) is 1.72. The van der Waals surface area contributed by atoms with Crippen LogP contribution < -0.4 is 10.1 Å². The molecule has 1 aromatic carbocycles. The fraction of sp³-hybridized carbons (Fsp3) is 0.526. The SMILES string of the molecule is COc1cc(NC2CCOCC2)c2[nH]c(C3=N[C@H](CCI)CS3)cc2c1. The Hall–Kier alpha value is -0.930. The molecule has 0 saturated carbocycles. The highest BCUT2D eigenvalue weighted by molar-refractivity contribution is 14.1. The third kappa shape index (κ3) is 3.99. The van der Waals surface area contributed by atoms with Crippen molar-refractivity contribution in [3.8, 4) is 5.75 Å². The van der Waals surface area contributed by atoms with Gasteiger partial charge in [-0.15, -0.1) is 11.8 Å². The zero-order valence-electron chi connectivity index (χ0n) is 14.9. The number of fused-ring (bicyclic) bond motifs is 1. The second kappa shape index (κ2) is 8.39.